The largest absolute Gasteiger partial charge is 0.415 e. The van der Waals surface area contributed by atoms with Crippen LogP contribution in [0.1, 0.15) is 93.3 Å². The average molecular weight is 648 g/mol. The molecule has 4 rings (SSSR count). The lowest BCUT2D eigenvalue weighted by molar-refractivity contribution is -0.138. The van der Waals surface area contributed by atoms with Gasteiger partial charge in [0.05, 0.1) is 13.2 Å². The van der Waals surface area contributed by atoms with Crippen LogP contribution in [-0.2, 0) is 38.5 Å². The predicted octanol–water partition coefficient (Wildman–Crippen LogP) is 5.88. The number of esters is 1. The van der Waals surface area contributed by atoms with Crippen molar-refractivity contribution in [3.63, 3.8) is 0 Å². The SMILES string of the molecule is CC(C)CC(=O)OC(=O)N[C@@H](COCc1ccccc1)C(=O)NC1CCC(CCN2CCc3ccc(C(=O)C(C)C)cc3CC2)CC1. The zero-order chi connectivity index (χ0) is 33.8. The first-order valence-electron chi connectivity index (χ1n) is 17.4. The molecule has 1 heterocycles. The van der Waals surface area contributed by atoms with E-state index in [1.165, 1.54) is 11.1 Å². The highest BCUT2D eigenvalue weighted by molar-refractivity contribution is 5.97. The molecule has 2 aromatic carbocycles. The first-order valence-corrected chi connectivity index (χ1v) is 17.4. The smallest absolute Gasteiger partial charge is 0.376 e. The van der Waals surface area contributed by atoms with Crippen LogP contribution in [0.4, 0.5) is 4.79 Å². The van der Waals surface area contributed by atoms with Gasteiger partial charge in [0.1, 0.15) is 6.04 Å². The van der Waals surface area contributed by atoms with Crippen LogP contribution in [0.5, 0.6) is 0 Å². The zero-order valence-electron chi connectivity index (χ0n) is 28.6. The van der Waals surface area contributed by atoms with Gasteiger partial charge < -0.3 is 25.0 Å². The minimum absolute atomic E-state index is 0.00550. The molecule has 1 atom stereocenters. The molecule has 0 bridgehead atoms. The molecule has 0 radical (unpaired) electrons. The fourth-order valence-corrected chi connectivity index (χ4v) is 6.45. The van der Waals surface area contributed by atoms with Gasteiger partial charge in [0.15, 0.2) is 5.78 Å². The molecule has 1 saturated carbocycles. The molecule has 0 saturated heterocycles. The number of amides is 2. The first-order chi connectivity index (χ1) is 22.6. The van der Waals surface area contributed by atoms with Crippen molar-refractivity contribution in [2.75, 3.05) is 26.2 Å². The maximum Gasteiger partial charge on any atom is 0.415 e. The number of fused-ring (bicyclic) bond motifs is 1. The number of benzene rings is 2. The Balaban J connectivity index is 1.22. The van der Waals surface area contributed by atoms with Gasteiger partial charge in [-0.2, -0.15) is 0 Å². The molecule has 2 aliphatic rings. The summed E-state index contributed by atoms with van der Waals surface area (Å²) < 4.78 is 10.7. The van der Waals surface area contributed by atoms with E-state index in [1.54, 1.807) is 0 Å². The van der Waals surface area contributed by atoms with E-state index in [0.717, 1.165) is 75.7 Å². The summed E-state index contributed by atoms with van der Waals surface area (Å²) in [4.78, 5) is 52.8. The number of carbonyl (C=O) groups is 4. The molecule has 47 heavy (non-hydrogen) atoms. The Labute approximate surface area is 280 Å². The molecule has 2 amide bonds. The van der Waals surface area contributed by atoms with Crippen LogP contribution in [-0.4, -0.2) is 67.0 Å². The number of Topliss-reactive ketones (excluding diaryl/α,β-unsaturated/α-hetero) is 1. The third-order valence-electron chi connectivity index (χ3n) is 9.24. The van der Waals surface area contributed by atoms with E-state index in [2.05, 4.69) is 27.7 Å². The minimum atomic E-state index is -0.984. The second-order valence-corrected chi connectivity index (χ2v) is 13.9. The quantitative estimate of drug-likeness (QED) is 0.150. The van der Waals surface area contributed by atoms with Crippen molar-refractivity contribution in [1.82, 2.24) is 15.5 Å². The lowest BCUT2D eigenvalue weighted by Gasteiger charge is -2.31. The molecule has 2 N–H and O–H groups in total. The summed E-state index contributed by atoms with van der Waals surface area (Å²) in [5.41, 5.74) is 4.45. The highest BCUT2D eigenvalue weighted by Gasteiger charge is 2.28. The van der Waals surface area contributed by atoms with Crippen LogP contribution in [0.3, 0.4) is 0 Å². The number of hydrogen-bond acceptors (Lipinski definition) is 7. The van der Waals surface area contributed by atoms with Crippen LogP contribution in [0.2, 0.25) is 0 Å². The fraction of sp³-hybridized carbons (Fsp3) is 0.579. The maximum absolute atomic E-state index is 13.3. The van der Waals surface area contributed by atoms with E-state index in [4.69, 9.17) is 9.47 Å². The third kappa shape index (κ3) is 11.9. The molecule has 1 aliphatic carbocycles. The maximum atomic E-state index is 13.3. The molecule has 1 aliphatic heterocycles. The van der Waals surface area contributed by atoms with Gasteiger partial charge >= 0.3 is 12.1 Å². The number of nitrogens with one attached hydrogen (secondary N) is 2. The molecule has 0 aromatic heterocycles. The number of carbonyl (C=O) groups excluding carboxylic acids is 4. The lowest BCUT2D eigenvalue weighted by Crippen LogP contribution is -2.52. The molecule has 0 unspecified atom stereocenters. The van der Waals surface area contributed by atoms with Gasteiger partial charge in [-0.05, 0) is 86.1 Å². The monoisotopic (exact) mass is 647 g/mol. The molecule has 9 nitrogen and oxygen atoms in total. The summed E-state index contributed by atoms with van der Waals surface area (Å²) in [5.74, 6) is -0.0921. The summed E-state index contributed by atoms with van der Waals surface area (Å²) in [7, 11) is 0. The second-order valence-electron chi connectivity index (χ2n) is 13.9. The second kappa shape index (κ2) is 18.1. The van der Waals surface area contributed by atoms with Gasteiger partial charge in [-0.3, -0.25) is 14.4 Å². The first kappa shape index (κ1) is 36.3. The number of alkyl carbamates (subject to hydrolysis) is 1. The Kier molecular flexibility index (Phi) is 14.0. The molecule has 2 aromatic rings. The standard InChI is InChI=1S/C38H53N3O6/c1-26(2)22-35(42)47-38(45)40-34(25-46-24-29-8-6-5-7-9-29)37(44)39-33-14-10-28(11-15-33)16-19-41-20-17-30-12-13-32(36(43)27(3)4)23-31(30)18-21-41/h5-9,12-13,23,26-28,33-34H,10-11,14-22,24-25H2,1-4H3,(H,39,44)(H,40,45)/t28?,33?,34-/m0/s1. The lowest BCUT2D eigenvalue weighted by atomic mass is 9.84. The predicted molar refractivity (Wildman–Crippen MR) is 182 cm³/mol. The number of nitrogens with zero attached hydrogens (tertiary/aromatic N) is 1. The topological polar surface area (TPSA) is 114 Å². The molecule has 1 fully saturated rings. The fourth-order valence-electron chi connectivity index (χ4n) is 6.45. The molecular weight excluding hydrogens is 594 g/mol. The van der Waals surface area contributed by atoms with Crippen molar-refractivity contribution in [1.29, 1.82) is 0 Å². The summed E-state index contributed by atoms with van der Waals surface area (Å²) in [5, 5.41) is 5.66. The number of hydrogen-bond donors (Lipinski definition) is 2. The Morgan fingerprint density at radius 1 is 0.894 bits per heavy atom. The highest BCUT2D eigenvalue weighted by Crippen LogP contribution is 2.28. The van der Waals surface area contributed by atoms with Crippen LogP contribution in [0.25, 0.3) is 0 Å². The highest BCUT2D eigenvalue weighted by atomic mass is 16.6. The Bertz CT molecular complexity index is 1340. The van der Waals surface area contributed by atoms with Gasteiger partial charge in [-0.15, -0.1) is 0 Å². The summed E-state index contributed by atoms with van der Waals surface area (Å²) >= 11 is 0. The zero-order valence-corrected chi connectivity index (χ0v) is 28.6. The van der Waals surface area contributed by atoms with Crippen molar-refractivity contribution in [2.45, 2.75) is 97.8 Å². The van der Waals surface area contributed by atoms with E-state index in [9.17, 15) is 19.2 Å². The van der Waals surface area contributed by atoms with Crippen LogP contribution < -0.4 is 10.6 Å². The van der Waals surface area contributed by atoms with Crippen LogP contribution >= 0.6 is 0 Å². The summed E-state index contributed by atoms with van der Waals surface area (Å²) in [6.45, 7) is 11.0. The molecular formula is C38H53N3O6. The van der Waals surface area contributed by atoms with Crippen molar-refractivity contribution >= 4 is 23.8 Å². The average Bonchev–Trinajstić information content (AvgIpc) is 3.25. The van der Waals surface area contributed by atoms with Crippen molar-refractivity contribution in [3.8, 4) is 0 Å². The third-order valence-corrected chi connectivity index (χ3v) is 9.24. The Morgan fingerprint density at radius 2 is 1.60 bits per heavy atom. The van der Waals surface area contributed by atoms with Gasteiger partial charge in [0.2, 0.25) is 5.91 Å². The van der Waals surface area contributed by atoms with Crippen LogP contribution in [0.15, 0.2) is 48.5 Å². The number of rotatable bonds is 14. The van der Waals surface area contributed by atoms with Gasteiger partial charge in [-0.1, -0.05) is 70.2 Å². The number of ether oxygens (including phenoxy) is 2. The van der Waals surface area contributed by atoms with Crippen LogP contribution in [0, 0.1) is 17.8 Å². The van der Waals surface area contributed by atoms with Gasteiger partial charge in [-0.25, -0.2) is 4.79 Å². The van der Waals surface area contributed by atoms with Crippen molar-refractivity contribution in [2.24, 2.45) is 17.8 Å². The number of ketones is 1. The van der Waals surface area contributed by atoms with E-state index in [0.29, 0.717) is 12.5 Å². The van der Waals surface area contributed by atoms with E-state index in [1.807, 2.05) is 64.1 Å². The summed E-state index contributed by atoms with van der Waals surface area (Å²) in [6.07, 6.45) is 6.11. The summed E-state index contributed by atoms with van der Waals surface area (Å²) in [6, 6.07) is 14.9. The van der Waals surface area contributed by atoms with E-state index >= 15 is 0 Å². The molecule has 256 valence electrons. The van der Waals surface area contributed by atoms with Gasteiger partial charge in [0.25, 0.3) is 0 Å². The molecule has 0 spiro atoms. The Hall–Kier alpha value is -3.56. The van der Waals surface area contributed by atoms with Crippen molar-refractivity contribution in [3.05, 3.63) is 70.8 Å². The normalized spacial score (nSPS) is 19.0. The van der Waals surface area contributed by atoms with E-state index in [-0.39, 0.29) is 42.6 Å². The van der Waals surface area contributed by atoms with Crippen molar-refractivity contribution < 1.29 is 28.7 Å². The minimum Gasteiger partial charge on any atom is -0.376 e. The Morgan fingerprint density at radius 3 is 2.28 bits per heavy atom. The van der Waals surface area contributed by atoms with E-state index < -0.39 is 18.1 Å². The van der Waals surface area contributed by atoms with Gasteiger partial charge in [0, 0.05) is 37.0 Å². The molecule has 9 heteroatoms.